The third kappa shape index (κ3) is 1.97. The number of carboxylic acid groups (broad SMARTS) is 1. The summed E-state index contributed by atoms with van der Waals surface area (Å²) < 4.78 is 0. The molecule has 2 unspecified atom stereocenters. The predicted molar refractivity (Wildman–Crippen MR) is 42.5 cm³/mol. The molecule has 0 aromatic carbocycles. The van der Waals surface area contributed by atoms with Crippen molar-refractivity contribution in [2.45, 2.75) is 25.3 Å². The van der Waals surface area contributed by atoms with Crippen LogP contribution in [0.4, 0.5) is 4.79 Å². The maximum Gasteiger partial charge on any atom is 0.404 e. The highest BCUT2D eigenvalue weighted by Crippen LogP contribution is 2.25. The van der Waals surface area contributed by atoms with Gasteiger partial charge in [0.25, 0.3) is 0 Å². The molecule has 0 saturated heterocycles. The van der Waals surface area contributed by atoms with E-state index in [4.69, 9.17) is 5.11 Å². The molecule has 0 aromatic rings. The number of amides is 1. The first-order chi connectivity index (χ1) is 5.24. The van der Waals surface area contributed by atoms with Crippen molar-refractivity contribution < 1.29 is 9.90 Å². The van der Waals surface area contributed by atoms with Gasteiger partial charge in [0.05, 0.1) is 0 Å². The molecule has 1 fully saturated rings. The zero-order valence-corrected chi connectivity index (χ0v) is 6.42. The van der Waals surface area contributed by atoms with Crippen LogP contribution in [0, 0.1) is 5.92 Å². The Morgan fingerprint density at radius 2 is 2.36 bits per heavy atom. The first kappa shape index (κ1) is 8.11. The highest BCUT2D eigenvalue weighted by molar-refractivity contribution is 5.65. The molecule has 1 amide bonds. The van der Waals surface area contributed by atoms with Crippen LogP contribution in [0.3, 0.4) is 0 Å². The summed E-state index contributed by atoms with van der Waals surface area (Å²) in [7, 11) is 0. The van der Waals surface area contributed by atoms with E-state index >= 15 is 0 Å². The summed E-state index contributed by atoms with van der Waals surface area (Å²) in [4.78, 5) is 10.3. The minimum atomic E-state index is -0.927. The largest absolute Gasteiger partial charge is 0.465 e. The third-order valence-electron chi connectivity index (χ3n) is 2.18. The zero-order valence-electron chi connectivity index (χ0n) is 6.42. The van der Waals surface area contributed by atoms with Gasteiger partial charge >= 0.3 is 6.09 Å². The topological polar surface area (TPSA) is 49.3 Å². The fraction of sp³-hybridized carbons (Fsp3) is 0.625. The summed E-state index contributed by atoms with van der Waals surface area (Å²) in [5.74, 6) is 0.339. The molecule has 0 aliphatic heterocycles. The lowest BCUT2D eigenvalue weighted by atomic mass is 10.0. The molecule has 0 aromatic heterocycles. The van der Waals surface area contributed by atoms with Gasteiger partial charge in [0, 0.05) is 6.04 Å². The quantitative estimate of drug-likeness (QED) is 0.595. The molecule has 3 nitrogen and oxygen atoms in total. The van der Waals surface area contributed by atoms with Crippen LogP contribution in [0.5, 0.6) is 0 Å². The Kier molecular flexibility index (Phi) is 2.52. The van der Waals surface area contributed by atoms with E-state index in [-0.39, 0.29) is 6.04 Å². The van der Waals surface area contributed by atoms with E-state index in [1.807, 2.05) is 6.08 Å². The number of rotatable bonds is 2. The molecule has 2 atom stereocenters. The minimum Gasteiger partial charge on any atom is -0.465 e. The average molecular weight is 155 g/mol. The fourth-order valence-electron chi connectivity index (χ4n) is 1.61. The van der Waals surface area contributed by atoms with E-state index in [0.29, 0.717) is 5.92 Å². The molecule has 3 heteroatoms. The highest BCUT2D eigenvalue weighted by Gasteiger charge is 2.25. The molecule has 0 heterocycles. The summed E-state index contributed by atoms with van der Waals surface area (Å²) in [5, 5.41) is 10.9. The lowest BCUT2D eigenvalue weighted by Gasteiger charge is -2.14. The summed E-state index contributed by atoms with van der Waals surface area (Å²) in [6.07, 6.45) is 4.02. The Morgan fingerprint density at radius 3 is 2.91 bits per heavy atom. The van der Waals surface area contributed by atoms with Gasteiger partial charge in [0.15, 0.2) is 0 Å². The van der Waals surface area contributed by atoms with Crippen molar-refractivity contribution in [3.05, 3.63) is 12.7 Å². The lowest BCUT2D eigenvalue weighted by Crippen LogP contribution is -2.35. The van der Waals surface area contributed by atoms with Gasteiger partial charge < -0.3 is 10.4 Å². The van der Waals surface area contributed by atoms with Crippen LogP contribution < -0.4 is 5.32 Å². The van der Waals surface area contributed by atoms with E-state index in [1.165, 1.54) is 0 Å². The molecule has 1 rings (SSSR count). The number of nitrogens with one attached hydrogen (secondary N) is 1. The smallest absolute Gasteiger partial charge is 0.404 e. The Labute approximate surface area is 66.1 Å². The maximum atomic E-state index is 10.3. The van der Waals surface area contributed by atoms with Gasteiger partial charge in [0.1, 0.15) is 0 Å². The number of hydrogen-bond donors (Lipinski definition) is 2. The van der Waals surface area contributed by atoms with Crippen molar-refractivity contribution in [1.29, 1.82) is 0 Å². The van der Waals surface area contributed by atoms with Gasteiger partial charge in [-0.15, -0.1) is 6.58 Å². The minimum absolute atomic E-state index is 0.102. The Hall–Kier alpha value is -0.990. The van der Waals surface area contributed by atoms with Gasteiger partial charge in [-0.25, -0.2) is 4.79 Å². The molecule has 2 N–H and O–H groups in total. The second-order valence-electron chi connectivity index (χ2n) is 2.89. The van der Waals surface area contributed by atoms with Gasteiger partial charge in [-0.05, 0) is 18.8 Å². The first-order valence-electron chi connectivity index (χ1n) is 3.86. The van der Waals surface area contributed by atoms with Crippen LogP contribution in [0.15, 0.2) is 12.7 Å². The molecule has 0 spiro atoms. The summed E-state index contributed by atoms with van der Waals surface area (Å²) in [6, 6.07) is 0.102. The maximum absolute atomic E-state index is 10.3. The molecule has 0 bridgehead atoms. The average Bonchev–Trinajstić information content (AvgIpc) is 2.34. The van der Waals surface area contributed by atoms with Crippen molar-refractivity contribution in [2.75, 3.05) is 0 Å². The molecule has 0 radical (unpaired) electrons. The molecule has 11 heavy (non-hydrogen) atoms. The van der Waals surface area contributed by atoms with Gasteiger partial charge in [-0.2, -0.15) is 0 Å². The molecule has 62 valence electrons. The van der Waals surface area contributed by atoms with Crippen LogP contribution in [0.25, 0.3) is 0 Å². The predicted octanol–water partition coefficient (Wildman–Crippen LogP) is 1.61. The van der Waals surface area contributed by atoms with Gasteiger partial charge in [-0.3, -0.25) is 0 Å². The molecule has 1 aliphatic carbocycles. The first-order valence-corrected chi connectivity index (χ1v) is 3.86. The van der Waals surface area contributed by atoms with Crippen LogP contribution >= 0.6 is 0 Å². The monoisotopic (exact) mass is 155 g/mol. The van der Waals surface area contributed by atoms with E-state index in [9.17, 15) is 4.79 Å². The van der Waals surface area contributed by atoms with Crippen molar-refractivity contribution in [3.63, 3.8) is 0 Å². The summed E-state index contributed by atoms with van der Waals surface area (Å²) >= 11 is 0. The van der Waals surface area contributed by atoms with Crippen molar-refractivity contribution in [2.24, 2.45) is 5.92 Å². The van der Waals surface area contributed by atoms with E-state index in [2.05, 4.69) is 11.9 Å². The molecular weight excluding hydrogens is 142 g/mol. The fourth-order valence-corrected chi connectivity index (χ4v) is 1.61. The van der Waals surface area contributed by atoms with Crippen LogP contribution in [-0.2, 0) is 0 Å². The molecular formula is C8H13NO2. The van der Waals surface area contributed by atoms with Crippen LogP contribution in [0.1, 0.15) is 19.3 Å². The van der Waals surface area contributed by atoms with Crippen molar-refractivity contribution in [3.8, 4) is 0 Å². The Balaban J connectivity index is 2.43. The molecule has 1 aliphatic rings. The molecule has 1 saturated carbocycles. The van der Waals surface area contributed by atoms with E-state index in [1.54, 1.807) is 0 Å². The van der Waals surface area contributed by atoms with Crippen LogP contribution in [0.2, 0.25) is 0 Å². The Bertz CT molecular complexity index is 167. The highest BCUT2D eigenvalue weighted by atomic mass is 16.4. The summed E-state index contributed by atoms with van der Waals surface area (Å²) in [5.41, 5.74) is 0. The number of carbonyl (C=O) groups is 1. The van der Waals surface area contributed by atoms with E-state index in [0.717, 1.165) is 19.3 Å². The Morgan fingerprint density at radius 1 is 1.64 bits per heavy atom. The third-order valence-corrected chi connectivity index (χ3v) is 2.18. The van der Waals surface area contributed by atoms with Gasteiger partial charge in [0.2, 0.25) is 0 Å². The van der Waals surface area contributed by atoms with Crippen molar-refractivity contribution >= 4 is 6.09 Å². The SMILES string of the molecule is C=CC1CCCC1NC(=O)O. The second-order valence-corrected chi connectivity index (χ2v) is 2.89. The standard InChI is InChI=1S/C8H13NO2/c1-2-6-4-3-5-7(6)9-8(10)11/h2,6-7,9H,1,3-5H2,(H,10,11). The second kappa shape index (κ2) is 3.42. The van der Waals surface area contributed by atoms with E-state index < -0.39 is 6.09 Å². The zero-order chi connectivity index (χ0) is 8.27. The van der Waals surface area contributed by atoms with Crippen molar-refractivity contribution in [1.82, 2.24) is 5.32 Å². The van der Waals surface area contributed by atoms with Gasteiger partial charge in [-0.1, -0.05) is 12.5 Å². The van der Waals surface area contributed by atoms with Crippen LogP contribution in [-0.4, -0.2) is 17.2 Å². The normalized spacial score (nSPS) is 29.8. The number of hydrogen-bond acceptors (Lipinski definition) is 1. The summed E-state index contributed by atoms with van der Waals surface area (Å²) in [6.45, 7) is 3.67. The lowest BCUT2D eigenvalue weighted by molar-refractivity contribution is 0.188.